The van der Waals surface area contributed by atoms with Crippen LogP contribution >= 0.6 is 11.3 Å². The molecule has 1 heterocycles. The summed E-state index contributed by atoms with van der Waals surface area (Å²) in [6, 6.07) is 9.23. The van der Waals surface area contributed by atoms with E-state index in [9.17, 15) is 9.59 Å². The highest BCUT2D eigenvalue weighted by Gasteiger charge is 2.13. The van der Waals surface area contributed by atoms with Crippen LogP contribution in [0, 0.1) is 0 Å². The predicted octanol–water partition coefficient (Wildman–Crippen LogP) is 3.20. The van der Waals surface area contributed by atoms with Gasteiger partial charge in [0.15, 0.2) is 0 Å². The first kappa shape index (κ1) is 13.1. The molecule has 0 bridgehead atoms. The number of anilines is 1. The number of amides is 1. The second-order valence-corrected chi connectivity index (χ2v) is 4.43. The second kappa shape index (κ2) is 6.01. The van der Waals surface area contributed by atoms with E-state index < -0.39 is 12.1 Å². The summed E-state index contributed by atoms with van der Waals surface area (Å²) < 4.78 is 5.00. The molecule has 0 saturated heterocycles. The Morgan fingerprint density at radius 3 is 2.63 bits per heavy atom. The van der Waals surface area contributed by atoms with Gasteiger partial charge in [-0.1, -0.05) is 30.3 Å². The Kier molecular flexibility index (Phi) is 4.15. The van der Waals surface area contributed by atoms with Gasteiger partial charge in [0.05, 0.1) is 11.3 Å². The molecule has 98 valence electrons. The van der Waals surface area contributed by atoms with Crippen molar-refractivity contribution in [3.63, 3.8) is 0 Å². The minimum absolute atomic E-state index is 0.0571. The van der Waals surface area contributed by atoms with Gasteiger partial charge in [0.1, 0.15) is 6.61 Å². The molecular weight excluding hydrogens is 266 g/mol. The number of carbonyl (C=O) groups is 2. The number of hydrogen-bond acceptors (Lipinski definition) is 4. The van der Waals surface area contributed by atoms with Gasteiger partial charge in [-0.15, -0.1) is 11.3 Å². The van der Waals surface area contributed by atoms with Crippen LogP contribution in [0.25, 0.3) is 0 Å². The molecule has 0 aliphatic carbocycles. The third-order valence-corrected chi connectivity index (χ3v) is 3.09. The summed E-state index contributed by atoms with van der Waals surface area (Å²) >= 11 is 1.20. The molecule has 0 saturated carbocycles. The zero-order valence-electron chi connectivity index (χ0n) is 9.83. The van der Waals surface area contributed by atoms with Crippen molar-refractivity contribution in [2.24, 2.45) is 0 Å². The minimum Gasteiger partial charge on any atom is -0.478 e. The number of aromatic carboxylic acids is 1. The Labute approximate surface area is 113 Å². The van der Waals surface area contributed by atoms with Gasteiger partial charge in [-0.25, -0.2) is 9.59 Å². The van der Waals surface area contributed by atoms with Gasteiger partial charge in [-0.2, -0.15) is 0 Å². The van der Waals surface area contributed by atoms with Gasteiger partial charge in [0.25, 0.3) is 0 Å². The van der Waals surface area contributed by atoms with E-state index in [4.69, 9.17) is 9.84 Å². The first-order chi connectivity index (χ1) is 9.16. The van der Waals surface area contributed by atoms with E-state index in [1.54, 1.807) is 5.38 Å². The molecule has 0 aliphatic heterocycles. The van der Waals surface area contributed by atoms with Crippen LogP contribution in [0.5, 0.6) is 0 Å². The first-order valence-electron chi connectivity index (χ1n) is 5.44. The fraction of sp³-hybridized carbons (Fsp3) is 0.0769. The highest BCUT2D eigenvalue weighted by molar-refractivity contribution is 7.08. The zero-order chi connectivity index (χ0) is 13.7. The average molecular weight is 277 g/mol. The molecule has 2 rings (SSSR count). The van der Waals surface area contributed by atoms with Crippen LogP contribution in [0.4, 0.5) is 10.5 Å². The number of carboxylic acids is 1. The van der Waals surface area contributed by atoms with Crippen molar-refractivity contribution in [1.29, 1.82) is 0 Å². The number of ether oxygens (including phenoxy) is 1. The predicted molar refractivity (Wildman–Crippen MR) is 71.5 cm³/mol. The van der Waals surface area contributed by atoms with Crippen molar-refractivity contribution in [2.75, 3.05) is 5.32 Å². The lowest BCUT2D eigenvalue weighted by Gasteiger charge is -2.06. The summed E-state index contributed by atoms with van der Waals surface area (Å²) in [7, 11) is 0. The highest BCUT2D eigenvalue weighted by Crippen LogP contribution is 2.21. The summed E-state index contributed by atoms with van der Waals surface area (Å²) in [5.41, 5.74) is 1.17. The third-order valence-electron chi connectivity index (χ3n) is 2.34. The summed E-state index contributed by atoms with van der Waals surface area (Å²) in [6.07, 6.45) is -0.676. The Morgan fingerprint density at radius 2 is 1.95 bits per heavy atom. The molecule has 6 heteroatoms. The molecule has 5 nitrogen and oxygen atoms in total. The molecular formula is C13H11NO4S. The summed E-state index contributed by atoms with van der Waals surface area (Å²) in [5.74, 6) is -1.08. The van der Waals surface area contributed by atoms with Crippen LogP contribution in [0.1, 0.15) is 15.9 Å². The Balaban J connectivity index is 1.91. The summed E-state index contributed by atoms with van der Waals surface area (Å²) in [6.45, 7) is 0.138. The maximum atomic E-state index is 11.5. The normalized spacial score (nSPS) is 9.89. The average Bonchev–Trinajstić information content (AvgIpc) is 2.86. The summed E-state index contributed by atoms with van der Waals surface area (Å²) in [5, 5.41) is 14.3. The topological polar surface area (TPSA) is 75.6 Å². The summed E-state index contributed by atoms with van der Waals surface area (Å²) in [4.78, 5) is 22.4. The maximum absolute atomic E-state index is 11.5. The number of carbonyl (C=O) groups excluding carboxylic acids is 1. The lowest BCUT2D eigenvalue weighted by atomic mass is 10.2. The molecule has 0 aliphatic rings. The number of rotatable bonds is 4. The Hall–Kier alpha value is -2.34. The van der Waals surface area contributed by atoms with Crippen molar-refractivity contribution in [2.45, 2.75) is 6.61 Å². The minimum atomic E-state index is -1.08. The van der Waals surface area contributed by atoms with Gasteiger partial charge >= 0.3 is 12.1 Å². The van der Waals surface area contributed by atoms with Crippen LogP contribution in [0.3, 0.4) is 0 Å². The van der Waals surface area contributed by atoms with E-state index in [0.29, 0.717) is 0 Å². The Morgan fingerprint density at radius 1 is 1.21 bits per heavy atom. The molecule has 2 aromatic rings. The molecule has 0 fully saturated rings. The molecule has 0 spiro atoms. The lowest BCUT2D eigenvalue weighted by Crippen LogP contribution is -2.15. The van der Waals surface area contributed by atoms with Gasteiger partial charge < -0.3 is 9.84 Å². The molecule has 0 radical (unpaired) electrons. The van der Waals surface area contributed by atoms with Gasteiger partial charge in [-0.05, 0) is 5.56 Å². The largest absolute Gasteiger partial charge is 0.478 e. The number of benzene rings is 1. The molecule has 0 atom stereocenters. The van der Waals surface area contributed by atoms with Crippen molar-refractivity contribution in [3.8, 4) is 0 Å². The first-order valence-corrected chi connectivity index (χ1v) is 6.38. The van der Waals surface area contributed by atoms with Gasteiger partial charge in [0.2, 0.25) is 0 Å². The number of carboxylic acid groups (broad SMARTS) is 1. The Bertz CT molecular complexity index is 579. The molecule has 0 unspecified atom stereocenters. The quantitative estimate of drug-likeness (QED) is 0.899. The highest BCUT2D eigenvalue weighted by atomic mass is 32.1. The lowest BCUT2D eigenvalue weighted by molar-refractivity contribution is 0.0698. The van der Waals surface area contributed by atoms with E-state index >= 15 is 0 Å². The van der Waals surface area contributed by atoms with Gasteiger partial charge in [-0.3, -0.25) is 5.32 Å². The molecule has 1 aromatic heterocycles. The van der Waals surface area contributed by atoms with E-state index in [1.165, 1.54) is 16.7 Å². The van der Waals surface area contributed by atoms with Crippen molar-refractivity contribution in [3.05, 3.63) is 52.2 Å². The zero-order valence-corrected chi connectivity index (χ0v) is 10.6. The van der Waals surface area contributed by atoms with Gasteiger partial charge in [0, 0.05) is 10.8 Å². The monoisotopic (exact) mass is 277 g/mol. The van der Waals surface area contributed by atoms with Crippen LogP contribution in [0.2, 0.25) is 0 Å². The van der Waals surface area contributed by atoms with E-state index in [1.807, 2.05) is 30.3 Å². The number of nitrogens with one attached hydrogen (secondary N) is 1. The standard InChI is InChI=1S/C13H11NO4S/c15-12(16)10-7-19-8-11(10)14-13(17)18-6-9-4-2-1-3-5-9/h1-5,7-8H,6H2,(H,14,17)(H,15,16). The van der Waals surface area contributed by atoms with E-state index in [0.717, 1.165) is 5.56 Å². The maximum Gasteiger partial charge on any atom is 0.412 e. The molecule has 19 heavy (non-hydrogen) atoms. The fourth-order valence-electron chi connectivity index (χ4n) is 1.43. The SMILES string of the molecule is O=C(Nc1cscc1C(=O)O)OCc1ccccc1. The third kappa shape index (κ3) is 3.56. The van der Waals surface area contributed by atoms with Crippen LogP contribution in [-0.4, -0.2) is 17.2 Å². The van der Waals surface area contributed by atoms with Crippen molar-refractivity contribution < 1.29 is 19.4 Å². The molecule has 2 N–H and O–H groups in total. The van der Waals surface area contributed by atoms with Crippen molar-refractivity contribution >= 4 is 29.1 Å². The molecule has 1 aromatic carbocycles. The molecule has 1 amide bonds. The van der Waals surface area contributed by atoms with Crippen LogP contribution in [-0.2, 0) is 11.3 Å². The second-order valence-electron chi connectivity index (χ2n) is 3.69. The van der Waals surface area contributed by atoms with E-state index in [-0.39, 0.29) is 17.9 Å². The van der Waals surface area contributed by atoms with Crippen LogP contribution < -0.4 is 5.32 Å². The number of hydrogen-bond donors (Lipinski definition) is 2. The smallest absolute Gasteiger partial charge is 0.412 e. The van der Waals surface area contributed by atoms with Crippen LogP contribution in [0.15, 0.2) is 41.1 Å². The van der Waals surface area contributed by atoms with E-state index in [2.05, 4.69) is 5.32 Å². The fourth-order valence-corrected chi connectivity index (χ4v) is 2.18. The van der Waals surface area contributed by atoms with Crippen molar-refractivity contribution in [1.82, 2.24) is 0 Å². The number of thiophene rings is 1.